The number of hydrogen-bond acceptors (Lipinski definition) is 4. The van der Waals surface area contributed by atoms with Crippen molar-refractivity contribution < 1.29 is 0 Å². The Morgan fingerprint density at radius 1 is 0.414 bits per heavy atom. The van der Waals surface area contributed by atoms with Gasteiger partial charge in [0.1, 0.15) is 5.41 Å². The van der Waals surface area contributed by atoms with Gasteiger partial charge in [-0.15, -0.1) is 0 Å². The molecule has 0 unspecified atom stereocenters. The summed E-state index contributed by atoms with van der Waals surface area (Å²) >= 11 is 0. The van der Waals surface area contributed by atoms with Crippen LogP contribution in [0.25, 0.3) is 22.3 Å². The maximum Gasteiger partial charge on any atom is 0.141 e. The lowest BCUT2D eigenvalue weighted by molar-refractivity contribution is 0.674. The number of rotatable bonds is 0. The lowest BCUT2D eigenvalue weighted by atomic mass is 9.79. The second kappa shape index (κ2) is 5.35. The summed E-state index contributed by atoms with van der Waals surface area (Å²) in [6.07, 6.45) is 0. The molecule has 4 heterocycles. The Morgan fingerprint density at radius 3 is 0.897 bits per heavy atom. The van der Waals surface area contributed by atoms with Crippen LogP contribution in [-0.2, 0) is 5.41 Å². The molecule has 0 aliphatic heterocycles. The third-order valence-electron chi connectivity index (χ3n) is 6.14. The summed E-state index contributed by atoms with van der Waals surface area (Å²) in [5, 5.41) is 0. The molecular formula is C25H20N4. The van der Waals surface area contributed by atoms with Gasteiger partial charge in [-0.05, 0) is 52.0 Å². The number of aryl methyl sites for hydroxylation is 4. The minimum absolute atomic E-state index is 0.661. The van der Waals surface area contributed by atoms with E-state index in [4.69, 9.17) is 19.9 Å². The molecule has 4 aromatic heterocycles. The Bertz CT molecular complexity index is 1140. The first-order chi connectivity index (χ1) is 14.0. The predicted molar refractivity (Wildman–Crippen MR) is 113 cm³/mol. The molecule has 0 atom stereocenters. The van der Waals surface area contributed by atoms with Crippen LogP contribution in [0.4, 0.5) is 0 Å². The molecule has 0 saturated heterocycles. The third kappa shape index (κ3) is 1.93. The lowest BCUT2D eigenvalue weighted by Gasteiger charge is -2.26. The summed E-state index contributed by atoms with van der Waals surface area (Å²) in [6, 6.07) is 17.0. The van der Waals surface area contributed by atoms with E-state index in [2.05, 4.69) is 48.5 Å². The van der Waals surface area contributed by atoms with E-state index < -0.39 is 5.41 Å². The molecule has 4 aromatic rings. The Hall–Kier alpha value is -3.40. The van der Waals surface area contributed by atoms with Gasteiger partial charge in [0.25, 0.3) is 0 Å². The van der Waals surface area contributed by atoms with Crippen LogP contribution in [0.5, 0.6) is 0 Å². The smallest absolute Gasteiger partial charge is 0.141 e. The maximum atomic E-state index is 5.07. The van der Waals surface area contributed by atoms with Gasteiger partial charge in [0, 0.05) is 45.0 Å². The first-order valence-corrected chi connectivity index (χ1v) is 9.93. The molecule has 0 fully saturated rings. The van der Waals surface area contributed by atoms with Gasteiger partial charge in [-0.3, -0.25) is 19.9 Å². The fraction of sp³-hybridized carbons (Fsp3) is 0.200. The topological polar surface area (TPSA) is 51.6 Å². The second-order valence-corrected chi connectivity index (χ2v) is 8.15. The van der Waals surface area contributed by atoms with Crippen molar-refractivity contribution in [3.63, 3.8) is 0 Å². The van der Waals surface area contributed by atoms with Crippen LogP contribution in [0.2, 0.25) is 0 Å². The normalized spacial score (nSPS) is 14.5. The summed E-state index contributed by atoms with van der Waals surface area (Å²) in [7, 11) is 0. The SMILES string of the molecule is Cc1ccc2c(n1)C1(c3nc(C)ccc3-2)c2nc(C)ccc2-c2ccc(C)nc21. The first kappa shape index (κ1) is 16.5. The van der Waals surface area contributed by atoms with Crippen molar-refractivity contribution in [3.8, 4) is 22.3 Å². The van der Waals surface area contributed by atoms with Crippen molar-refractivity contribution in [2.45, 2.75) is 33.1 Å². The molecule has 2 aliphatic rings. The van der Waals surface area contributed by atoms with Gasteiger partial charge in [-0.2, -0.15) is 0 Å². The van der Waals surface area contributed by atoms with Gasteiger partial charge >= 0.3 is 0 Å². The van der Waals surface area contributed by atoms with Crippen LogP contribution in [-0.4, -0.2) is 19.9 Å². The molecule has 0 saturated carbocycles. The van der Waals surface area contributed by atoms with Gasteiger partial charge in [0.05, 0.1) is 22.8 Å². The van der Waals surface area contributed by atoms with Crippen LogP contribution >= 0.6 is 0 Å². The quantitative estimate of drug-likeness (QED) is 0.380. The molecule has 4 nitrogen and oxygen atoms in total. The van der Waals surface area contributed by atoms with E-state index in [0.717, 1.165) is 67.8 Å². The molecule has 1 spiro atoms. The van der Waals surface area contributed by atoms with E-state index in [9.17, 15) is 0 Å². The minimum Gasteiger partial charge on any atom is -0.256 e. The van der Waals surface area contributed by atoms with Crippen LogP contribution in [0.3, 0.4) is 0 Å². The van der Waals surface area contributed by atoms with Crippen molar-refractivity contribution in [3.05, 3.63) is 94.1 Å². The highest BCUT2D eigenvalue weighted by molar-refractivity contribution is 5.91. The number of nitrogens with zero attached hydrogens (tertiary/aromatic N) is 4. The van der Waals surface area contributed by atoms with E-state index >= 15 is 0 Å². The van der Waals surface area contributed by atoms with Crippen molar-refractivity contribution in [1.82, 2.24) is 19.9 Å². The van der Waals surface area contributed by atoms with Crippen LogP contribution in [0.15, 0.2) is 48.5 Å². The molecule has 0 N–H and O–H groups in total. The molecule has 4 heteroatoms. The van der Waals surface area contributed by atoms with E-state index in [1.807, 2.05) is 27.7 Å². The maximum absolute atomic E-state index is 5.07. The monoisotopic (exact) mass is 376 g/mol. The summed E-state index contributed by atoms with van der Waals surface area (Å²) in [4.78, 5) is 20.3. The van der Waals surface area contributed by atoms with Gasteiger partial charge in [-0.1, -0.05) is 24.3 Å². The van der Waals surface area contributed by atoms with Crippen molar-refractivity contribution in [2.24, 2.45) is 0 Å². The predicted octanol–water partition coefficient (Wildman–Crippen LogP) is 4.84. The molecule has 0 bridgehead atoms. The summed E-state index contributed by atoms with van der Waals surface area (Å²) in [5.41, 5.74) is 11.8. The van der Waals surface area contributed by atoms with Gasteiger partial charge in [0.2, 0.25) is 0 Å². The Morgan fingerprint density at radius 2 is 0.655 bits per heavy atom. The van der Waals surface area contributed by atoms with Crippen LogP contribution in [0, 0.1) is 27.7 Å². The molecule has 0 radical (unpaired) electrons. The molecule has 2 aliphatic carbocycles. The summed E-state index contributed by atoms with van der Waals surface area (Å²) in [6.45, 7) is 8.17. The fourth-order valence-electron chi connectivity index (χ4n) is 4.91. The highest BCUT2D eigenvalue weighted by Gasteiger charge is 2.56. The largest absolute Gasteiger partial charge is 0.256 e. The zero-order chi connectivity index (χ0) is 19.9. The highest BCUT2D eigenvalue weighted by atomic mass is 14.9. The van der Waals surface area contributed by atoms with E-state index in [1.54, 1.807) is 0 Å². The van der Waals surface area contributed by atoms with E-state index in [1.165, 1.54) is 0 Å². The van der Waals surface area contributed by atoms with Crippen molar-refractivity contribution >= 4 is 0 Å². The number of aromatic nitrogens is 4. The van der Waals surface area contributed by atoms with Gasteiger partial charge < -0.3 is 0 Å². The zero-order valence-corrected chi connectivity index (χ0v) is 16.9. The summed E-state index contributed by atoms with van der Waals surface area (Å²) in [5.74, 6) is 0. The van der Waals surface area contributed by atoms with Crippen LogP contribution in [0.1, 0.15) is 45.6 Å². The van der Waals surface area contributed by atoms with Crippen molar-refractivity contribution in [2.75, 3.05) is 0 Å². The first-order valence-electron chi connectivity index (χ1n) is 9.93. The molecule has 140 valence electrons. The zero-order valence-electron chi connectivity index (χ0n) is 16.9. The standard InChI is InChI=1S/C25H20N4/c1-13-5-9-17-18-10-6-14(2)27-22(18)25(21(17)26-13)23-19(11-7-15(3)28-23)20-12-8-16(4)29-24(20)25/h5-12H,1-4H3. The lowest BCUT2D eigenvalue weighted by Crippen LogP contribution is -2.31. The van der Waals surface area contributed by atoms with Gasteiger partial charge in [-0.25, -0.2) is 0 Å². The molecule has 0 aromatic carbocycles. The van der Waals surface area contributed by atoms with E-state index in [0.29, 0.717) is 0 Å². The average Bonchev–Trinajstić information content (AvgIpc) is 3.13. The molecule has 29 heavy (non-hydrogen) atoms. The Labute approximate surface area is 169 Å². The van der Waals surface area contributed by atoms with Crippen LogP contribution < -0.4 is 0 Å². The minimum atomic E-state index is -0.661. The Kier molecular flexibility index (Phi) is 3.05. The number of fused-ring (bicyclic) bond motifs is 10. The number of hydrogen-bond donors (Lipinski definition) is 0. The summed E-state index contributed by atoms with van der Waals surface area (Å²) < 4.78 is 0. The van der Waals surface area contributed by atoms with E-state index in [-0.39, 0.29) is 0 Å². The second-order valence-electron chi connectivity index (χ2n) is 8.15. The molecule has 0 amide bonds. The molecular weight excluding hydrogens is 356 g/mol. The highest BCUT2D eigenvalue weighted by Crippen LogP contribution is 2.60. The Balaban J connectivity index is 1.88. The average molecular weight is 376 g/mol. The number of pyridine rings is 4. The molecule has 6 rings (SSSR count). The van der Waals surface area contributed by atoms with Gasteiger partial charge in [0.15, 0.2) is 0 Å². The van der Waals surface area contributed by atoms with Crippen molar-refractivity contribution in [1.29, 1.82) is 0 Å². The third-order valence-corrected chi connectivity index (χ3v) is 6.14. The fourth-order valence-corrected chi connectivity index (χ4v) is 4.91.